The second kappa shape index (κ2) is 23.5. The lowest BCUT2D eigenvalue weighted by atomic mass is 9.88. The molecule has 3 aromatic rings. The molecule has 2 amide bonds. The maximum atomic E-state index is 13.1. The van der Waals surface area contributed by atoms with Gasteiger partial charge >= 0.3 is 0 Å². The van der Waals surface area contributed by atoms with E-state index in [1.807, 2.05) is 58.2 Å². The molecule has 1 unspecified atom stereocenters. The molecule has 12 rings (SSSR count). The molecule has 3 atom stereocenters. The molecule has 0 bridgehead atoms. The number of amides is 2. The predicted molar refractivity (Wildman–Crippen MR) is 311 cm³/mol. The highest BCUT2D eigenvalue weighted by Crippen LogP contribution is 2.40. The smallest absolute Gasteiger partial charge is 0.253 e. The molecule has 3 aliphatic carbocycles. The van der Waals surface area contributed by atoms with Crippen LogP contribution in [0.4, 0.5) is 0 Å². The van der Waals surface area contributed by atoms with Crippen LogP contribution in [0.1, 0.15) is 147 Å². The summed E-state index contributed by atoms with van der Waals surface area (Å²) in [7, 11) is -7.02. The average molecular weight is 1190 g/mol. The molecule has 2 N–H and O–H groups in total. The van der Waals surface area contributed by atoms with Gasteiger partial charge in [-0.1, -0.05) is 85.3 Å². The van der Waals surface area contributed by atoms with Gasteiger partial charge in [0.1, 0.15) is 28.9 Å². The highest BCUT2D eigenvalue weighted by Gasteiger charge is 2.50. The molecular formula is C59H78BrN7O10S2. The van der Waals surface area contributed by atoms with Crippen LogP contribution in [0, 0.1) is 11.8 Å². The van der Waals surface area contributed by atoms with Gasteiger partial charge in [-0.05, 0) is 139 Å². The molecule has 0 radical (unpaired) electrons. The van der Waals surface area contributed by atoms with Crippen molar-refractivity contribution in [3.05, 3.63) is 93.3 Å². The molecule has 1 aromatic heterocycles. The van der Waals surface area contributed by atoms with E-state index in [1.54, 1.807) is 6.08 Å². The Kier molecular flexibility index (Phi) is 17.2. The second-order valence-electron chi connectivity index (χ2n) is 23.7. The predicted octanol–water partition coefficient (Wildman–Crippen LogP) is 9.54. The number of fused-ring (bicyclic) bond motifs is 2. The van der Waals surface area contributed by atoms with Crippen molar-refractivity contribution in [1.29, 1.82) is 0 Å². The molecule has 6 fully saturated rings. The Hall–Kier alpha value is -4.38. The third kappa shape index (κ3) is 13.3. The van der Waals surface area contributed by atoms with Gasteiger partial charge in [0.05, 0.1) is 25.9 Å². The first-order chi connectivity index (χ1) is 37.6. The molecule has 7 heterocycles. The normalized spacial score (nSPS) is 26.8. The first-order valence-electron chi connectivity index (χ1n) is 28.5. The molecule has 17 nitrogen and oxygen atoms in total. The number of amidine groups is 2. The molecule has 6 aliphatic heterocycles. The Morgan fingerprint density at radius 3 is 1.78 bits per heavy atom. The van der Waals surface area contributed by atoms with E-state index in [9.17, 15) is 26.4 Å². The summed E-state index contributed by atoms with van der Waals surface area (Å²) in [6.07, 6.45) is 22.6. The Labute approximate surface area is 474 Å². The zero-order chi connectivity index (χ0) is 55.8. The van der Waals surface area contributed by atoms with Crippen LogP contribution in [0.5, 0.6) is 0 Å². The van der Waals surface area contributed by atoms with Gasteiger partial charge in [-0.25, -0.2) is 16.8 Å². The van der Waals surface area contributed by atoms with Gasteiger partial charge in [0.15, 0.2) is 11.6 Å². The Bertz CT molecular complexity index is 3120. The monoisotopic (exact) mass is 1190 g/mol. The number of halogens is 1. The summed E-state index contributed by atoms with van der Waals surface area (Å²) in [4.78, 5) is 34.9. The summed E-state index contributed by atoms with van der Waals surface area (Å²) < 4.78 is 79.2. The number of rotatable bonds is 11. The van der Waals surface area contributed by atoms with Crippen molar-refractivity contribution in [3.63, 3.8) is 0 Å². The number of carbonyl (C=O) groups excluding carboxylic acids is 2. The SMILES string of the molecule is C=CS(=O)(=O)N1CCC2(CC1)N=C(C1CCCCC1)NC2=O.CC1(C)OC[C@H](CC2C=Cc3cc(Br)ccc32)O1.CC1(C)OC[C@H](Cn2ccc3cc(/C=C/S(=O)(=O)N4CCC5(CC4)N=C(C4CCCCC4)NC5=O)ccc32)O1. The number of nitrogens with one attached hydrogen (secondary N) is 2. The molecule has 2 saturated carbocycles. The quantitative estimate of drug-likeness (QED) is 0.186. The Morgan fingerprint density at radius 1 is 0.709 bits per heavy atom. The van der Waals surface area contributed by atoms with Crippen LogP contribution in [-0.4, -0.2) is 128 Å². The summed E-state index contributed by atoms with van der Waals surface area (Å²) in [5.74, 6) is 1.73. The van der Waals surface area contributed by atoms with Crippen LogP contribution in [0.15, 0.2) is 86.6 Å². The third-order valence-electron chi connectivity index (χ3n) is 17.2. The van der Waals surface area contributed by atoms with Crippen molar-refractivity contribution in [2.24, 2.45) is 21.8 Å². The van der Waals surface area contributed by atoms with Gasteiger partial charge in [0.25, 0.3) is 11.8 Å². The number of aromatic nitrogens is 1. The molecule has 79 heavy (non-hydrogen) atoms. The third-order valence-corrected chi connectivity index (χ3v) is 20.8. The van der Waals surface area contributed by atoms with Crippen LogP contribution >= 0.6 is 15.9 Å². The van der Waals surface area contributed by atoms with Crippen LogP contribution in [-0.2, 0) is 55.1 Å². The number of allylic oxidation sites excluding steroid dienone is 1. The number of piperidine rings is 2. The molecule has 4 saturated heterocycles. The minimum Gasteiger partial charge on any atom is -0.348 e. The van der Waals surface area contributed by atoms with Crippen molar-refractivity contribution in [3.8, 4) is 0 Å². The number of ether oxygens (including phenoxy) is 4. The maximum Gasteiger partial charge on any atom is 0.253 e. The summed E-state index contributed by atoms with van der Waals surface area (Å²) in [6, 6.07) is 14.4. The van der Waals surface area contributed by atoms with Crippen LogP contribution < -0.4 is 10.6 Å². The van der Waals surface area contributed by atoms with E-state index in [-0.39, 0.29) is 37.1 Å². The van der Waals surface area contributed by atoms with Gasteiger partial charge in [-0.3, -0.25) is 19.6 Å². The summed E-state index contributed by atoms with van der Waals surface area (Å²) >= 11 is 3.51. The molecule has 2 spiro atoms. The van der Waals surface area contributed by atoms with E-state index < -0.39 is 42.7 Å². The van der Waals surface area contributed by atoms with Gasteiger partial charge in [-0.15, -0.1) is 0 Å². The average Bonchev–Trinajstić information content (AvgIpc) is 4.47. The molecule has 9 aliphatic rings. The number of hydrogen-bond acceptors (Lipinski definition) is 12. The molecule has 2 aromatic carbocycles. The number of sulfonamides is 2. The molecule has 428 valence electrons. The zero-order valence-electron chi connectivity index (χ0n) is 46.2. The van der Waals surface area contributed by atoms with Gasteiger partial charge in [0.2, 0.25) is 20.0 Å². The van der Waals surface area contributed by atoms with E-state index in [2.05, 4.69) is 68.1 Å². The largest absolute Gasteiger partial charge is 0.348 e. The number of carbonyl (C=O) groups is 2. The van der Waals surface area contributed by atoms with E-state index in [4.69, 9.17) is 28.9 Å². The van der Waals surface area contributed by atoms with Crippen LogP contribution in [0.25, 0.3) is 23.1 Å². The fourth-order valence-electron chi connectivity index (χ4n) is 12.8. The van der Waals surface area contributed by atoms with E-state index >= 15 is 0 Å². The first-order valence-corrected chi connectivity index (χ1v) is 32.3. The fraction of sp³-hybridized carbons (Fsp3) is 0.593. The van der Waals surface area contributed by atoms with E-state index in [0.717, 1.165) is 70.1 Å². The number of aliphatic imine (C=N–C) groups is 2. The van der Waals surface area contributed by atoms with Crippen molar-refractivity contribution in [2.45, 2.75) is 171 Å². The van der Waals surface area contributed by atoms with Crippen molar-refractivity contribution in [1.82, 2.24) is 23.8 Å². The van der Waals surface area contributed by atoms with Gasteiger partial charge in [-0.2, -0.15) is 8.61 Å². The van der Waals surface area contributed by atoms with Crippen molar-refractivity contribution in [2.75, 3.05) is 39.4 Å². The van der Waals surface area contributed by atoms with Crippen molar-refractivity contribution >= 4 is 82.5 Å². The zero-order valence-corrected chi connectivity index (χ0v) is 49.4. The van der Waals surface area contributed by atoms with Gasteiger partial charge in [0, 0.05) is 76.3 Å². The van der Waals surface area contributed by atoms with Crippen LogP contribution in [0.2, 0.25) is 0 Å². The Balaban J connectivity index is 0.000000148. The lowest BCUT2D eigenvalue weighted by molar-refractivity contribution is -0.139. The maximum absolute atomic E-state index is 13.1. The van der Waals surface area contributed by atoms with Gasteiger partial charge < -0.3 is 34.1 Å². The first kappa shape index (κ1) is 57.8. The highest BCUT2D eigenvalue weighted by molar-refractivity contribution is 9.10. The highest BCUT2D eigenvalue weighted by atomic mass is 79.9. The van der Waals surface area contributed by atoms with Crippen LogP contribution in [0.3, 0.4) is 0 Å². The second-order valence-corrected chi connectivity index (χ2v) is 28.3. The minimum absolute atomic E-state index is 0.0103. The standard InChI is InChI=1S/C29H38N4O5S.C15H17BrO2.C15H23N3O3S/c1-28(2)37-20-24(38-28)19-32-14-10-23-18-21(8-9-25(23)32)11-17-39(35,36)33-15-12-29(13-16-33)27(34)30-26(31-29)22-6-4-3-5-7-22;1-15(2)17-9-13(18-15)8-11-4-3-10-7-12(16)5-6-14(10)11;1-2-22(20,21)18-10-8-15(9-11-18)14(19)16-13(17-15)12-6-4-3-5-7-12/h8-11,14,17-18,22,24H,3-7,12-13,15-16,19-20H2,1-2H3,(H,30,31,34);3-7,11,13H,8-9H2,1-2H3;2,12H,1,3-11H2,(H,16,17,19)/b17-11+;;/t24-;11?,13-;/m00./s1. The van der Waals surface area contributed by atoms with E-state index in [0.29, 0.717) is 76.3 Å². The summed E-state index contributed by atoms with van der Waals surface area (Å²) in [6.45, 7) is 14.3. The summed E-state index contributed by atoms with van der Waals surface area (Å²) in [5.41, 5.74) is 3.02. The fourth-order valence-corrected chi connectivity index (χ4v) is 15.2. The number of benzene rings is 2. The lowest BCUT2D eigenvalue weighted by Crippen LogP contribution is -2.50. The minimum atomic E-state index is -3.62. The summed E-state index contributed by atoms with van der Waals surface area (Å²) in [5, 5.41) is 9.29. The number of hydrogen-bond donors (Lipinski definition) is 2. The lowest BCUT2D eigenvalue weighted by Gasteiger charge is -2.34. The topological polar surface area (TPSA) is 200 Å². The molecule has 20 heteroatoms. The van der Waals surface area contributed by atoms with E-state index in [1.165, 1.54) is 63.7 Å². The molecular weight excluding hydrogens is 1110 g/mol. The Morgan fingerprint density at radius 2 is 1.25 bits per heavy atom. The number of nitrogens with zero attached hydrogens (tertiary/aromatic N) is 5. The van der Waals surface area contributed by atoms with Crippen molar-refractivity contribution < 1.29 is 45.4 Å².